The predicted molar refractivity (Wildman–Crippen MR) is 72.0 cm³/mol. The van der Waals surface area contributed by atoms with Crippen LogP contribution in [0.2, 0.25) is 0 Å². The largest absolute Gasteiger partial charge is 0.478 e. The van der Waals surface area contributed by atoms with Crippen LogP contribution in [0.3, 0.4) is 0 Å². The van der Waals surface area contributed by atoms with Crippen LogP contribution in [0.15, 0.2) is 29.2 Å². The predicted octanol–water partition coefficient (Wildman–Crippen LogP) is 0.778. The zero-order chi connectivity index (χ0) is 14.8. The van der Waals surface area contributed by atoms with Crippen LogP contribution in [0.4, 0.5) is 0 Å². The van der Waals surface area contributed by atoms with E-state index in [0.717, 1.165) is 12.8 Å². The summed E-state index contributed by atoms with van der Waals surface area (Å²) >= 11 is 0. The van der Waals surface area contributed by atoms with Gasteiger partial charge in [0.1, 0.15) is 0 Å². The van der Waals surface area contributed by atoms with Crippen LogP contribution in [-0.4, -0.2) is 48.6 Å². The highest BCUT2D eigenvalue weighted by molar-refractivity contribution is 7.89. The van der Waals surface area contributed by atoms with E-state index in [1.54, 1.807) is 0 Å². The summed E-state index contributed by atoms with van der Waals surface area (Å²) in [6.07, 6.45) is 1.54. The minimum atomic E-state index is -3.62. The van der Waals surface area contributed by atoms with E-state index in [1.807, 2.05) is 0 Å². The number of piperidine rings is 1. The van der Waals surface area contributed by atoms with Crippen LogP contribution in [-0.2, 0) is 10.0 Å². The number of hydrogen-bond acceptors (Lipinski definition) is 4. The maximum absolute atomic E-state index is 12.4. The van der Waals surface area contributed by atoms with Crippen LogP contribution in [0, 0.1) is 5.92 Å². The molecule has 2 rings (SSSR count). The molecule has 0 aliphatic carbocycles. The van der Waals surface area contributed by atoms with Gasteiger partial charge in [0, 0.05) is 19.7 Å². The Morgan fingerprint density at radius 3 is 2.50 bits per heavy atom. The number of carboxylic acid groups (broad SMARTS) is 1. The molecule has 20 heavy (non-hydrogen) atoms. The molecule has 1 aliphatic rings. The molecule has 1 atom stereocenters. The van der Waals surface area contributed by atoms with Gasteiger partial charge in [0.05, 0.1) is 10.5 Å². The highest BCUT2D eigenvalue weighted by Crippen LogP contribution is 2.23. The first-order valence-corrected chi connectivity index (χ1v) is 7.83. The number of hydrogen-bond donors (Lipinski definition) is 2. The second kappa shape index (κ2) is 5.90. The Balaban J connectivity index is 2.23. The van der Waals surface area contributed by atoms with Gasteiger partial charge < -0.3 is 10.2 Å². The third-order valence-corrected chi connectivity index (χ3v) is 5.36. The monoisotopic (exact) mass is 299 g/mol. The van der Waals surface area contributed by atoms with Crippen molar-refractivity contribution in [2.24, 2.45) is 5.92 Å². The number of sulfonamides is 1. The highest BCUT2D eigenvalue weighted by atomic mass is 32.2. The Labute approximate surface area is 117 Å². The molecule has 0 spiro atoms. The quantitative estimate of drug-likeness (QED) is 0.856. The number of aromatic carboxylic acids is 1. The van der Waals surface area contributed by atoms with E-state index in [0.29, 0.717) is 13.1 Å². The number of carboxylic acids is 1. The molecular formula is C13H17NO5S. The molecule has 2 N–H and O–H groups in total. The van der Waals surface area contributed by atoms with E-state index in [9.17, 15) is 13.2 Å². The third-order valence-electron chi connectivity index (χ3n) is 3.48. The van der Waals surface area contributed by atoms with Crippen molar-refractivity contribution in [2.75, 3.05) is 19.7 Å². The molecule has 1 heterocycles. The summed E-state index contributed by atoms with van der Waals surface area (Å²) in [4.78, 5) is 10.8. The summed E-state index contributed by atoms with van der Waals surface area (Å²) in [6, 6.07) is 5.17. The van der Waals surface area contributed by atoms with Crippen molar-refractivity contribution in [2.45, 2.75) is 17.7 Å². The smallest absolute Gasteiger partial charge is 0.335 e. The van der Waals surface area contributed by atoms with Crippen LogP contribution >= 0.6 is 0 Å². The molecule has 7 heteroatoms. The third kappa shape index (κ3) is 3.00. The van der Waals surface area contributed by atoms with E-state index in [4.69, 9.17) is 10.2 Å². The molecule has 110 valence electrons. The number of aliphatic hydroxyl groups is 1. The standard InChI is InChI=1S/C13H17NO5S/c15-9-10-2-1-7-14(8-10)20(18,19)12-5-3-11(4-6-12)13(16)17/h3-6,10,15H,1-2,7-9H2,(H,16,17). The number of aliphatic hydroxyl groups excluding tert-OH is 1. The van der Waals surface area contributed by atoms with Gasteiger partial charge in [0.15, 0.2) is 0 Å². The Kier molecular flexibility index (Phi) is 4.42. The van der Waals surface area contributed by atoms with E-state index in [1.165, 1.54) is 28.6 Å². The van der Waals surface area contributed by atoms with Crippen molar-refractivity contribution >= 4 is 16.0 Å². The van der Waals surface area contributed by atoms with E-state index < -0.39 is 16.0 Å². The van der Waals surface area contributed by atoms with Gasteiger partial charge in [-0.1, -0.05) is 0 Å². The molecule has 0 aromatic heterocycles. The number of benzene rings is 1. The molecule has 0 bridgehead atoms. The fourth-order valence-electron chi connectivity index (χ4n) is 2.31. The highest BCUT2D eigenvalue weighted by Gasteiger charge is 2.29. The van der Waals surface area contributed by atoms with Crippen molar-refractivity contribution in [1.82, 2.24) is 4.31 Å². The number of nitrogens with zero attached hydrogens (tertiary/aromatic N) is 1. The maximum atomic E-state index is 12.4. The van der Waals surface area contributed by atoms with Crippen molar-refractivity contribution in [3.8, 4) is 0 Å². The summed E-state index contributed by atoms with van der Waals surface area (Å²) in [5.41, 5.74) is 0.0517. The Morgan fingerprint density at radius 1 is 1.30 bits per heavy atom. The number of carbonyl (C=O) groups is 1. The average molecular weight is 299 g/mol. The SMILES string of the molecule is O=C(O)c1ccc(S(=O)(=O)N2CCCC(CO)C2)cc1. The van der Waals surface area contributed by atoms with Crippen molar-refractivity contribution in [1.29, 1.82) is 0 Å². The van der Waals surface area contributed by atoms with Gasteiger partial charge in [0.25, 0.3) is 0 Å². The summed E-state index contributed by atoms with van der Waals surface area (Å²) in [7, 11) is -3.62. The van der Waals surface area contributed by atoms with Crippen molar-refractivity contribution in [3.05, 3.63) is 29.8 Å². The Bertz CT molecular complexity index is 581. The maximum Gasteiger partial charge on any atom is 0.335 e. The van der Waals surface area contributed by atoms with Crippen molar-refractivity contribution < 1.29 is 23.4 Å². The van der Waals surface area contributed by atoms with E-state index in [2.05, 4.69) is 0 Å². The molecular weight excluding hydrogens is 282 g/mol. The second-order valence-electron chi connectivity index (χ2n) is 4.88. The van der Waals surface area contributed by atoms with Gasteiger partial charge in [0.2, 0.25) is 10.0 Å². The van der Waals surface area contributed by atoms with Gasteiger partial charge in [-0.25, -0.2) is 13.2 Å². The summed E-state index contributed by atoms with van der Waals surface area (Å²) < 4.78 is 26.2. The molecule has 0 radical (unpaired) electrons. The lowest BCUT2D eigenvalue weighted by Gasteiger charge is -2.30. The first kappa shape index (κ1) is 15.0. The summed E-state index contributed by atoms with van der Waals surface area (Å²) in [5.74, 6) is -1.12. The molecule has 6 nitrogen and oxygen atoms in total. The Morgan fingerprint density at radius 2 is 1.95 bits per heavy atom. The summed E-state index contributed by atoms with van der Waals surface area (Å²) in [6.45, 7) is 0.711. The molecule has 0 saturated carbocycles. The minimum absolute atomic E-state index is 0.0238. The molecule has 1 saturated heterocycles. The normalized spacial score (nSPS) is 20.8. The Hall–Kier alpha value is -1.44. The van der Waals surface area contributed by atoms with E-state index >= 15 is 0 Å². The van der Waals surface area contributed by atoms with Gasteiger partial charge in [-0.2, -0.15) is 4.31 Å². The average Bonchev–Trinajstić information content (AvgIpc) is 2.47. The lowest BCUT2D eigenvalue weighted by atomic mass is 10.0. The zero-order valence-corrected chi connectivity index (χ0v) is 11.7. The van der Waals surface area contributed by atoms with Gasteiger partial charge in [-0.15, -0.1) is 0 Å². The van der Waals surface area contributed by atoms with Crippen molar-refractivity contribution in [3.63, 3.8) is 0 Å². The first-order valence-electron chi connectivity index (χ1n) is 6.39. The molecule has 1 unspecified atom stereocenters. The van der Waals surface area contributed by atoms with Gasteiger partial charge in [-0.05, 0) is 43.0 Å². The molecule has 1 aromatic rings. The molecule has 0 amide bonds. The minimum Gasteiger partial charge on any atom is -0.478 e. The molecule has 1 fully saturated rings. The van der Waals surface area contributed by atoms with Crippen LogP contribution in [0.5, 0.6) is 0 Å². The molecule has 1 aliphatic heterocycles. The fourth-order valence-corrected chi connectivity index (χ4v) is 3.87. The van der Waals surface area contributed by atoms with Crippen LogP contribution in [0.1, 0.15) is 23.2 Å². The first-order chi connectivity index (χ1) is 9.45. The summed E-state index contributed by atoms with van der Waals surface area (Å²) in [5, 5.41) is 18.0. The lowest BCUT2D eigenvalue weighted by Crippen LogP contribution is -2.40. The fraction of sp³-hybridized carbons (Fsp3) is 0.462. The van der Waals surface area contributed by atoms with Crippen LogP contribution < -0.4 is 0 Å². The topological polar surface area (TPSA) is 94.9 Å². The molecule has 1 aromatic carbocycles. The lowest BCUT2D eigenvalue weighted by molar-refractivity contribution is 0.0696. The van der Waals surface area contributed by atoms with E-state index in [-0.39, 0.29) is 23.0 Å². The zero-order valence-electron chi connectivity index (χ0n) is 10.9. The van der Waals surface area contributed by atoms with Gasteiger partial charge >= 0.3 is 5.97 Å². The second-order valence-corrected chi connectivity index (χ2v) is 6.82. The van der Waals surface area contributed by atoms with Gasteiger partial charge in [-0.3, -0.25) is 0 Å². The number of rotatable bonds is 4. The van der Waals surface area contributed by atoms with Crippen LogP contribution in [0.25, 0.3) is 0 Å².